The zero-order chi connectivity index (χ0) is 14.0. The van der Waals surface area contributed by atoms with Crippen molar-refractivity contribution in [3.63, 3.8) is 0 Å². The number of rotatable bonds is 3. The lowest BCUT2D eigenvalue weighted by atomic mass is 9.95. The number of nitrogens with zero attached hydrogens (tertiary/aromatic N) is 1. The zero-order valence-electron chi connectivity index (χ0n) is 11.8. The summed E-state index contributed by atoms with van der Waals surface area (Å²) >= 11 is 0. The van der Waals surface area contributed by atoms with Crippen LogP contribution in [0.5, 0.6) is 0 Å². The molecule has 2 rings (SSSR count). The van der Waals surface area contributed by atoms with E-state index in [9.17, 15) is 4.39 Å². The molecule has 1 atom stereocenters. The Labute approximate surface area is 113 Å². The number of benzene rings is 1. The highest BCUT2D eigenvalue weighted by Gasteiger charge is 2.17. The normalized spacial score (nSPS) is 12.5. The Morgan fingerprint density at radius 1 is 1.11 bits per heavy atom. The fourth-order valence-corrected chi connectivity index (χ4v) is 2.43. The lowest BCUT2D eigenvalue weighted by Crippen LogP contribution is -2.21. The van der Waals surface area contributed by atoms with Crippen molar-refractivity contribution < 1.29 is 4.39 Å². The number of hydrogen-bond donors (Lipinski definition) is 1. The van der Waals surface area contributed by atoms with Crippen molar-refractivity contribution in [2.24, 2.45) is 0 Å². The number of halogens is 1. The molecule has 0 aliphatic rings. The van der Waals surface area contributed by atoms with Crippen molar-refractivity contribution in [1.29, 1.82) is 0 Å². The SMILES string of the molecule is CNC(c1ccc(F)cc1C)c1ncc(C)cc1C. The Bertz CT molecular complexity index is 542. The zero-order valence-corrected chi connectivity index (χ0v) is 11.8. The van der Waals surface area contributed by atoms with Gasteiger partial charge in [-0.25, -0.2) is 4.39 Å². The third-order valence-corrected chi connectivity index (χ3v) is 3.36. The summed E-state index contributed by atoms with van der Waals surface area (Å²) in [7, 11) is 1.90. The lowest BCUT2D eigenvalue weighted by Gasteiger charge is -2.20. The van der Waals surface area contributed by atoms with Crippen LogP contribution in [-0.2, 0) is 0 Å². The molecule has 0 aliphatic heterocycles. The summed E-state index contributed by atoms with van der Waals surface area (Å²) in [6.45, 7) is 6.01. The average molecular weight is 258 g/mol. The number of nitrogens with one attached hydrogen (secondary N) is 1. The van der Waals surface area contributed by atoms with Crippen LogP contribution >= 0.6 is 0 Å². The first-order valence-electron chi connectivity index (χ1n) is 6.39. The molecular weight excluding hydrogens is 239 g/mol. The van der Waals surface area contributed by atoms with Crippen LogP contribution in [0.25, 0.3) is 0 Å². The van der Waals surface area contributed by atoms with Crippen molar-refractivity contribution >= 4 is 0 Å². The quantitative estimate of drug-likeness (QED) is 0.912. The molecule has 1 aromatic carbocycles. The smallest absolute Gasteiger partial charge is 0.123 e. The van der Waals surface area contributed by atoms with Gasteiger partial charge in [0.1, 0.15) is 5.82 Å². The van der Waals surface area contributed by atoms with Gasteiger partial charge in [-0.15, -0.1) is 0 Å². The third-order valence-electron chi connectivity index (χ3n) is 3.36. The van der Waals surface area contributed by atoms with Crippen LogP contribution in [0.15, 0.2) is 30.5 Å². The van der Waals surface area contributed by atoms with Crippen LogP contribution in [0.2, 0.25) is 0 Å². The van der Waals surface area contributed by atoms with Gasteiger partial charge < -0.3 is 5.32 Å². The summed E-state index contributed by atoms with van der Waals surface area (Å²) in [4.78, 5) is 4.53. The van der Waals surface area contributed by atoms with E-state index in [-0.39, 0.29) is 11.9 Å². The van der Waals surface area contributed by atoms with Crippen molar-refractivity contribution in [2.45, 2.75) is 26.8 Å². The summed E-state index contributed by atoms with van der Waals surface area (Å²) < 4.78 is 13.2. The minimum absolute atomic E-state index is 0.0128. The molecule has 3 heteroatoms. The Kier molecular flexibility index (Phi) is 3.96. The minimum Gasteiger partial charge on any atom is -0.308 e. The van der Waals surface area contributed by atoms with Gasteiger partial charge in [-0.3, -0.25) is 4.98 Å². The van der Waals surface area contributed by atoms with Gasteiger partial charge in [0.15, 0.2) is 0 Å². The van der Waals surface area contributed by atoms with Crippen LogP contribution < -0.4 is 5.32 Å². The maximum atomic E-state index is 13.2. The average Bonchev–Trinajstić information content (AvgIpc) is 2.34. The Morgan fingerprint density at radius 2 is 1.84 bits per heavy atom. The second kappa shape index (κ2) is 5.49. The van der Waals surface area contributed by atoms with E-state index in [1.165, 1.54) is 6.07 Å². The first-order valence-corrected chi connectivity index (χ1v) is 6.39. The molecule has 19 heavy (non-hydrogen) atoms. The molecule has 0 saturated heterocycles. The molecule has 0 saturated carbocycles. The predicted molar refractivity (Wildman–Crippen MR) is 75.8 cm³/mol. The highest BCUT2D eigenvalue weighted by Crippen LogP contribution is 2.26. The molecule has 1 aromatic heterocycles. The first-order chi connectivity index (χ1) is 9.02. The molecule has 1 N–H and O–H groups in total. The van der Waals surface area contributed by atoms with Gasteiger partial charge in [0.05, 0.1) is 11.7 Å². The molecule has 2 nitrogen and oxygen atoms in total. The fourth-order valence-electron chi connectivity index (χ4n) is 2.43. The molecule has 0 radical (unpaired) electrons. The van der Waals surface area contributed by atoms with E-state index in [0.717, 1.165) is 27.9 Å². The standard InChI is InChI=1S/C16H19FN2/c1-10-7-12(3)15(19-9-10)16(18-4)14-6-5-13(17)8-11(14)2/h5-9,16,18H,1-4H3. The maximum Gasteiger partial charge on any atom is 0.123 e. The van der Waals surface area contributed by atoms with Gasteiger partial charge in [0.25, 0.3) is 0 Å². The highest BCUT2D eigenvalue weighted by molar-refractivity contribution is 5.38. The van der Waals surface area contributed by atoms with E-state index in [2.05, 4.69) is 23.3 Å². The van der Waals surface area contributed by atoms with Gasteiger partial charge in [-0.05, 0) is 62.2 Å². The van der Waals surface area contributed by atoms with Crippen LogP contribution in [0.3, 0.4) is 0 Å². The lowest BCUT2D eigenvalue weighted by molar-refractivity contribution is 0.618. The van der Waals surface area contributed by atoms with E-state index in [0.29, 0.717) is 0 Å². The summed E-state index contributed by atoms with van der Waals surface area (Å²) in [6, 6.07) is 6.98. The van der Waals surface area contributed by atoms with Crippen molar-refractivity contribution in [3.8, 4) is 0 Å². The molecule has 0 aliphatic carbocycles. The van der Waals surface area contributed by atoms with Crippen molar-refractivity contribution in [2.75, 3.05) is 7.05 Å². The van der Waals surface area contributed by atoms with Gasteiger partial charge in [-0.2, -0.15) is 0 Å². The number of aryl methyl sites for hydroxylation is 3. The summed E-state index contributed by atoms with van der Waals surface area (Å²) in [5.74, 6) is -0.204. The second-order valence-corrected chi connectivity index (χ2v) is 4.94. The predicted octanol–water partition coefficient (Wildman–Crippen LogP) is 3.45. The van der Waals surface area contributed by atoms with E-state index in [1.54, 1.807) is 6.07 Å². The van der Waals surface area contributed by atoms with E-state index in [4.69, 9.17) is 0 Å². The first kappa shape index (κ1) is 13.7. The van der Waals surface area contributed by atoms with Gasteiger partial charge in [0.2, 0.25) is 0 Å². The summed E-state index contributed by atoms with van der Waals surface area (Å²) in [5, 5.41) is 3.27. The van der Waals surface area contributed by atoms with Gasteiger partial charge in [0, 0.05) is 6.20 Å². The van der Waals surface area contributed by atoms with Crippen molar-refractivity contribution in [1.82, 2.24) is 10.3 Å². The highest BCUT2D eigenvalue weighted by atomic mass is 19.1. The molecule has 0 amide bonds. The number of pyridine rings is 1. The molecule has 0 bridgehead atoms. The Morgan fingerprint density at radius 3 is 2.42 bits per heavy atom. The molecule has 0 spiro atoms. The van der Waals surface area contributed by atoms with E-state index < -0.39 is 0 Å². The second-order valence-electron chi connectivity index (χ2n) is 4.94. The molecular formula is C16H19FN2. The maximum absolute atomic E-state index is 13.2. The third kappa shape index (κ3) is 2.82. The van der Waals surface area contributed by atoms with E-state index in [1.807, 2.05) is 33.2 Å². The minimum atomic E-state index is -0.204. The Hall–Kier alpha value is -1.74. The van der Waals surface area contributed by atoms with Gasteiger partial charge in [-0.1, -0.05) is 12.1 Å². The molecule has 0 fully saturated rings. The Balaban J connectivity index is 2.50. The molecule has 1 heterocycles. The summed E-state index contributed by atoms with van der Waals surface area (Å²) in [6.07, 6.45) is 1.87. The molecule has 1 unspecified atom stereocenters. The summed E-state index contributed by atoms with van der Waals surface area (Å²) in [5.41, 5.74) is 5.27. The van der Waals surface area contributed by atoms with Crippen LogP contribution in [0.4, 0.5) is 4.39 Å². The topological polar surface area (TPSA) is 24.9 Å². The molecule has 100 valence electrons. The largest absolute Gasteiger partial charge is 0.308 e. The number of hydrogen-bond acceptors (Lipinski definition) is 2. The fraction of sp³-hybridized carbons (Fsp3) is 0.312. The monoisotopic (exact) mass is 258 g/mol. The van der Waals surface area contributed by atoms with E-state index >= 15 is 0 Å². The van der Waals surface area contributed by atoms with Crippen LogP contribution in [0.1, 0.15) is 34.0 Å². The number of aromatic nitrogens is 1. The molecule has 2 aromatic rings. The van der Waals surface area contributed by atoms with Gasteiger partial charge >= 0.3 is 0 Å². The van der Waals surface area contributed by atoms with Crippen LogP contribution in [-0.4, -0.2) is 12.0 Å². The van der Waals surface area contributed by atoms with Crippen LogP contribution in [0, 0.1) is 26.6 Å². The van der Waals surface area contributed by atoms with Crippen molar-refractivity contribution in [3.05, 3.63) is 64.2 Å².